The van der Waals surface area contributed by atoms with Gasteiger partial charge in [0.1, 0.15) is 0 Å². The van der Waals surface area contributed by atoms with Gasteiger partial charge in [-0.15, -0.1) is 0 Å². The van der Waals surface area contributed by atoms with Crippen LogP contribution >= 0.6 is 11.8 Å². The lowest BCUT2D eigenvalue weighted by molar-refractivity contribution is 0.722. The number of benzene rings is 9. The third kappa shape index (κ3) is 5.13. The van der Waals surface area contributed by atoms with Crippen molar-refractivity contribution in [2.45, 2.75) is 20.6 Å². The van der Waals surface area contributed by atoms with Crippen LogP contribution in [0.5, 0.6) is 0 Å². The molecule has 2 aliphatic carbocycles. The number of nitrogens with zero attached hydrogens (tertiary/aromatic N) is 2. The summed E-state index contributed by atoms with van der Waals surface area (Å²) in [5.74, 6) is 0. The summed E-state index contributed by atoms with van der Waals surface area (Å²) < 4.78 is 0. The van der Waals surface area contributed by atoms with Gasteiger partial charge in [0.25, 0.3) is 0 Å². The Bertz CT molecular complexity index is 3390. The van der Waals surface area contributed by atoms with Crippen molar-refractivity contribution in [3.63, 3.8) is 0 Å². The topological polar surface area (TPSA) is 16.1 Å². The average molecular weight is 833 g/mol. The second-order valence-electron chi connectivity index (χ2n) is 17.0. The number of hydrogen-bond acceptors (Lipinski definition) is 3. The van der Waals surface area contributed by atoms with E-state index in [1.54, 1.807) is 0 Å². The Morgan fingerprint density at radius 2 is 0.828 bits per heavy atom. The third-order valence-electron chi connectivity index (χ3n) is 13.9. The third-order valence-corrected chi connectivity index (χ3v) is 15.1. The Labute approximate surface area is 378 Å². The van der Waals surface area contributed by atoms with Crippen molar-refractivity contribution in [2.75, 3.05) is 4.90 Å². The smallest absolute Gasteiger partial charge is 0.0736 e. The predicted octanol–water partition coefficient (Wildman–Crippen LogP) is 15.4. The molecule has 3 aliphatic rings. The fraction of sp³-hybridized carbons (Fsp3) is 0.0328. The summed E-state index contributed by atoms with van der Waals surface area (Å²) in [6.45, 7) is 0. The molecule has 3 heteroatoms. The van der Waals surface area contributed by atoms with E-state index in [2.05, 4.69) is 240 Å². The molecule has 1 atom stereocenters. The van der Waals surface area contributed by atoms with Gasteiger partial charge in [-0.2, -0.15) is 0 Å². The second-order valence-corrected chi connectivity index (χ2v) is 18.0. The first-order chi connectivity index (χ1) is 31.8. The molecule has 2 heterocycles. The lowest BCUT2D eigenvalue weighted by atomic mass is 9.66. The van der Waals surface area contributed by atoms with E-state index in [4.69, 9.17) is 0 Å². The molecule has 0 radical (unpaired) electrons. The summed E-state index contributed by atoms with van der Waals surface area (Å²) in [6, 6.07) is 86.0. The van der Waals surface area contributed by atoms with Gasteiger partial charge >= 0.3 is 0 Å². The molecule has 1 aromatic heterocycles. The zero-order chi connectivity index (χ0) is 42.2. The minimum Gasteiger partial charge on any atom is -0.310 e. The normalized spacial score (nSPS) is 15.6. The molecule has 300 valence electrons. The second kappa shape index (κ2) is 14.4. The van der Waals surface area contributed by atoms with Crippen LogP contribution in [-0.4, -0.2) is 4.98 Å². The predicted molar refractivity (Wildman–Crippen MR) is 263 cm³/mol. The molecule has 0 saturated carbocycles. The molecule has 64 heavy (non-hydrogen) atoms. The van der Waals surface area contributed by atoms with Gasteiger partial charge in [0.05, 0.1) is 16.5 Å². The monoisotopic (exact) mass is 832 g/mol. The van der Waals surface area contributed by atoms with Crippen LogP contribution in [0.25, 0.3) is 33.4 Å². The first kappa shape index (κ1) is 36.9. The number of fused-ring (bicyclic) bond motifs is 12. The van der Waals surface area contributed by atoms with E-state index in [1.807, 2.05) is 24.2 Å². The molecule has 0 bridgehead atoms. The number of pyridine rings is 1. The van der Waals surface area contributed by atoms with Crippen LogP contribution in [-0.2, 0) is 10.8 Å². The zero-order valence-corrected chi connectivity index (χ0v) is 35.7. The van der Waals surface area contributed by atoms with Gasteiger partial charge < -0.3 is 4.90 Å². The van der Waals surface area contributed by atoms with Crippen molar-refractivity contribution in [3.8, 4) is 33.4 Å². The van der Waals surface area contributed by atoms with E-state index in [0.717, 1.165) is 22.6 Å². The minimum atomic E-state index is -0.660. The highest BCUT2D eigenvalue weighted by atomic mass is 32.2. The molecule has 1 aliphatic heterocycles. The van der Waals surface area contributed by atoms with Gasteiger partial charge in [0, 0.05) is 33.6 Å². The van der Waals surface area contributed by atoms with E-state index in [-0.39, 0.29) is 0 Å². The SMILES string of the molecule is c1ccc(N(c2ccc3c(c2)C2(c4ccccc4Sc4ccccc42)c2ccccc2-3)c2ccccc2C2(c3ccccc3)c3ccccc3-c3ccc(-c4ccncc4)cc32)cc1. The molecule has 10 aromatic rings. The zero-order valence-electron chi connectivity index (χ0n) is 34.9. The van der Waals surface area contributed by atoms with Crippen molar-refractivity contribution >= 4 is 28.8 Å². The Balaban J connectivity index is 1.11. The maximum Gasteiger partial charge on any atom is 0.0736 e. The summed E-state index contributed by atoms with van der Waals surface area (Å²) in [5.41, 5.74) is 19.9. The number of aromatic nitrogens is 1. The van der Waals surface area contributed by atoms with Gasteiger partial charge in [-0.1, -0.05) is 182 Å². The van der Waals surface area contributed by atoms with Crippen molar-refractivity contribution in [1.82, 2.24) is 4.98 Å². The van der Waals surface area contributed by atoms with Gasteiger partial charge in [0.2, 0.25) is 0 Å². The number of hydrogen-bond donors (Lipinski definition) is 0. The highest BCUT2D eigenvalue weighted by Gasteiger charge is 2.51. The molecule has 0 N–H and O–H groups in total. The average Bonchev–Trinajstić information content (AvgIpc) is 3.83. The van der Waals surface area contributed by atoms with E-state index in [9.17, 15) is 0 Å². The standard InChI is InChI=1S/C61H40N2S/c1-3-17-43(18-4-1)60(50-23-9-7-21-46(50)48-33-31-42(39-55(48)60)41-35-37-62-38-36-41)52-25-11-14-28-57(52)63(44-19-5-2-6-20-44)45-32-34-49-47-22-8-10-24-51(47)61(56(49)40-45)53-26-12-15-29-58(53)64-59-30-16-13-27-54(59)61/h1-40H. The molecule has 1 spiro atoms. The first-order valence-electron chi connectivity index (χ1n) is 22.0. The molecule has 9 aromatic carbocycles. The quantitative estimate of drug-likeness (QED) is 0.166. The summed E-state index contributed by atoms with van der Waals surface area (Å²) >= 11 is 1.89. The van der Waals surface area contributed by atoms with Crippen LogP contribution in [0.1, 0.15) is 44.5 Å². The van der Waals surface area contributed by atoms with Crippen LogP contribution in [0, 0.1) is 0 Å². The summed E-state index contributed by atoms with van der Waals surface area (Å²) in [7, 11) is 0. The lowest BCUT2D eigenvalue weighted by Gasteiger charge is -2.40. The van der Waals surface area contributed by atoms with Gasteiger partial charge in [-0.3, -0.25) is 4.98 Å². The summed E-state index contributed by atoms with van der Waals surface area (Å²) in [6.07, 6.45) is 3.77. The molecule has 0 fully saturated rings. The Kier molecular flexibility index (Phi) is 8.31. The number of anilines is 3. The van der Waals surface area contributed by atoms with Crippen molar-refractivity contribution < 1.29 is 0 Å². The Morgan fingerprint density at radius 1 is 0.328 bits per heavy atom. The van der Waals surface area contributed by atoms with Crippen molar-refractivity contribution in [2.24, 2.45) is 0 Å². The maximum absolute atomic E-state index is 4.37. The Morgan fingerprint density at radius 3 is 1.50 bits per heavy atom. The molecule has 2 nitrogen and oxygen atoms in total. The van der Waals surface area contributed by atoms with E-state index >= 15 is 0 Å². The number of rotatable bonds is 6. The lowest BCUT2D eigenvalue weighted by Crippen LogP contribution is -2.32. The minimum absolute atomic E-state index is 0.500. The van der Waals surface area contributed by atoms with E-state index in [1.165, 1.54) is 82.1 Å². The first-order valence-corrected chi connectivity index (χ1v) is 22.8. The molecule has 0 amide bonds. The molecule has 1 unspecified atom stereocenters. The van der Waals surface area contributed by atoms with Crippen LogP contribution in [0.4, 0.5) is 17.1 Å². The van der Waals surface area contributed by atoms with Crippen LogP contribution in [0.2, 0.25) is 0 Å². The number of para-hydroxylation sites is 2. The molecular formula is C61H40N2S. The van der Waals surface area contributed by atoms with E-state index in [0.29, 0.717) is 0 Å². The highest BCUT2D eigenvalue weighted by molar-refractivity contribution is 7.99. The maximum atomic E-state index is 4.37. The molecule has 13 rings (SSSR count). The fourth-order valence-corrected chi connectivity index (χ4v) is 12.6. The van der Waals surface area contributed by atoms with Crippen molar-refractivity contribution in [1.29, 1.82) is 0 Å². The van der Waals surface area contributed by atoms with Gasteiger partial charge in [-0.25, -0.2) is 0 Å². The van der Waals surface area contributed by atoms with Crippen LogP contribution in [0.15, 0.2) is 253 Å². The summed E-state index contributed by atoms with van der Waals surface area (Å²) in [4.78, 5) is 9.48. The van der Waals surface area contributed by atoms with Gasteiger partial charge in [-0.05, 0) is 139 Å². The summed E-state index contributed by atoms with van der Waals surface area (Å²) in [5, 5.41) is 0. The van der Waals surface area contributed by atoms with Crippen LogP contribution in [0.3, 0.4) is 0 Å². The fourth-order valence-electron chi connectivity index (χ4n) is 11.4. The highest BCUT2D eigenvalue weighted by Crippen LogP contribution is 2.64. The molecular weight excluding hydrogens is 793 g/mol. The van der Waals surface area contributed by atoms with Gasteiger partial charge in [0.15, 0.2) is 0 Å². The largest absolute Gasteiger partial charge is 0.310 e. The van der Waals surface area contributed by atoms with E-state index < -0.39 is 10.8 Å². The Hall–Kier alpha value is -7.72. The van der Waals surface area contributed by atoms with Crippen LogP contribution < -0.4 is 4.90 Å². The molecule has 0 saturated heterocycles. The van der Waals surface area contributed by atoms with Crippen molar-refractivity contribution in [3.05, 3.63) is 287 Å².